The van der Waals surface area contributed by atoms with Crippen molar-refractivity contribution in [2.45, 2.75) is 74.1 Å². The number of rotatable bonds is 8. The number of esters is 2. The predicted octanol–water partition coefficient (Wildman–Crippen LogP) is 5.16. The molecule has 0 spiro atoms. The van der Waals surface area contributed by atoms with Crippen LogP contribution in [0, 0.1) is 28.6 Å². The van der Waals surface area contributed by atoms with Crippen molar-refractivity contribution >= 4 is 11.9 Å². The van der Waals surface area contributed by atoms with E-state index in [1.165, 1.54) is 0 Å². The molecule has 150 valence electrons. The molecule has 0 saturated heterocycles. The summed E-state index contributed by atoms with van der Waals surface area (Å²) in [4.78, 5) is 25.3. The smallest absolute Gasteiger partial charge is 0.316 e. The van der Waals surface area contributed by atoms with Gasteiger partial charge in [0.25, 0.3) is 0 Å². The monoisotopic (exact) mass is 366 g/mol. The molecule has 1 aliphatic carbocycles. The fourth-order valence-electron chi connectivity index (χ4n) is 3.59. The number of allylic oxidation sites excluding steroid dienone is 1. The van der Waals surface area contributed by atoms with Crippen molar-refractivity contribution in [3.63, 3.8) is 0 Å². The summed E-state index contributed by atoms with van der Waals surface area (Å²) in [7, 11) is 0. The summed E-state index contributed by atoms with van der Waals surface area (Å²) in [6.07, 6.45) is 7.14. The third-order valence-corrected chi connectivity index (χ3v) is 4.90. The van der Waals surface area contributed by atoms with Gasteiger partial charge in [0.15, 0.2) is 0 Å². The molecule has 26 heavy (non-hydrogen) atoms. The maximum absolute atomic E-state index is 12.7. The Hall–Kier alpha value is -1.32. The van der Waals surface area contributed by atoms with Crippen LogP contribution in [0.15, 0.2) is 12.2 Å². The van der Waals surface area contributed by atoms with Gasteiger partial charge in [0.05, 0.1) is 24.5 Å². The van der Waals surface area contributed by atoms with Crippen molar-refractivity contribution in [1.82, 2.24) is 0 Å². The Balaban J connectivity index is 2.62. The van der Waals surface area contributed by atoms with Crippen LogP contribution in [-0.2, 0) is 19.1 Å². The van der Waals surface area contributed by atoms with E-state index in [0.717, 1.165) is 19.3 Å². The summed E-state index contributed by atoms with van der Waals surface area (Å²) in [6.45, 7) is 15.4. The summed E-state index contributed by atoms with van der Waals surface area (Å²) in [5.74, 6) is -0.308. The lowest BCUT2D eigenvalue weighted by Gasteiger charge is -2.34. The molecule has 4 heteroatoms. The number of carbonyl (C=O) groups is 2. The topological polar surface area (TPSA) is 52.6 Å². The molecule has 4 nitrogen and oxygen atoms in total. The fraction of sp³-hybridized carbons (Fsp3) is 0.818. The van der Waals surface area contributed by atoms with Crippen LogP contribution in [-0.4, -0.2) is 25.2 Å². The molecule has 1 aliphatic rings. The van der Waals surface area contributed by atoms with Gasteiger partial charge in [0.1, 0.15) is 0 Å². The molecule has 0 fully saturated rings. The van der Waals surface area contributed by atoms with Crippen LogP contribution in [0.25, 0.3) is 0 Å². The van der Waals surface area contributed by atoms with Gasteiger partial charge in [0.2, 0.25) is 0 Å². The minimum atomic E-state index is -0.929. The zero-order valence-electron chi connectivity index (χ0n) is 17.8. The normalized spacial score (nSPS) is 24.4. The van der Waals surface area contributed by atoms with Crippen LogP contribution < -0.4 is 0 Å². The highest BCUT2D eigenvalue weighted by molar-refractivity contribution is 5.87. The molecule has 0 heterocycles. The van der Waals surface area contributed by atoms with Crippen molar-refractivity contribution in [2.75, 3.05) is 13.2 Å². The van der Waals surface area contributed by atoms with Crippen LogP contribution >= 0.6 is 0 Å². The van der Waals surface area contributed by atoms with E-state index in [9.17, 15) is 9.59 Å². The first-order chi connectivity index (χ1) is 12.0. The molecule has 0 N–H and O–H groups in total. The molecular formula is C22H38O4. The van der Waals surface area contributed by atoms with Crippen LogP contribution in [0.1, 0.15) is 74.1 Å². The van der Waals surface area contributed by atoms with E-state index in [4.69, 9.17) is 9.47 Å². The molecule has 0 aliphatic heterocycles. The predicted molar refractivity (Wildman–Crippen MR) is 105 cm³/mol. The van der Waals surface area contributed by atoms with Crippen molar-refractivity contribution in [1.29, 1.82) is 0 Å². The van der Waals surface area contributed by atoms with Crippen LogP contribution in [0.5, 0.6) is 0 Å². The average Bonchev–Trinajstić information content (AvgIpc) is 2.50. The lowest BCUT2D eigenvalue weighted by atomic mass is 9.71. The number of carbonyl (C=O) groups excluding carboxylic acids is 2. The molecule has 0 aromatic heterocycles. The Morgan fingerprint density at radius 1 is 1.19 bits per heavy atom. The second-order valence-electron chi connectivity index (χ2n) is 9.63. The van der Waals surface area contributed by atoms with Gasteiger partial charge in [-0.3, -0.25) is 9.59 Å². The fourth-order valence-corrected chi connectivity index (χ4v) is 3.59. The minimum Gasteiger partial charge on any atom is -0.465 e. The van der Waals surface area contributed by atoms with E-state index in [1.54, 1.807) is 6.92 Å². The Labute approximate surface area is 159 Å². The quantitative estimate of drug-likeness (QED) is 0.439. The molecule has 3 atom stereocenters. The van der Waals surface area contributed by atoms with Gasteiger partial charge in [-0.2, -0.15) is 0 Å². The molecular weight excluding hydrogens is 328 g/mol. The minimum absolute atomic E-state index is 0.268. The third-order valence-electron chi connectivity index (χ3n) is 4.90. The second-order valence-corrected chi connectivity index (χ2v) is 9.63. The van der Waals surface area contributed by atoms with Crippen molar-refractivity contribution in [2.24, 2.45) is 28.6 Å². The number of hydrogen-bond acceptors (Lipinski definition) is 4. The largest absolute Gasteiger partial charge is 0.465 e. The average molecular weight is 367 g/mol. The Kier molecular flexibility index (Phi) is 8.36. The molecule has 0 radical (unpaired) electrons. The van der Waals surface area contributed by atoms with E-state index < -0.39 is 11.3 Å². The standard InChI is InChI=1S/C22H38O4/c1-16(2)15-26-20(24)22(7)12-9-8-10-18(22)19(23)25-13-11-17(3)14-21(4,5)6/h9,12,16-18H,8,10-11,13-15H2,1-7H3. The Morgan fingerprint density at radius 2 is 1.85 bits per heavy atom. The zero-order chi connectivity index (χ0) is 20.0. The molecule has 0 saturated carbocycles. The van der Waals surface area contributed by atoms with E-state index in [2.05, 4.69) is 27.7 Å². The van der Waals surface area contributed by atoms with Gasteiger partial charge >= 0.3 is 11.9 Å². The van der Waals surface area contributed by atoms with E-state index in [-0.39, 0.29) is 23.3 Å². The maximum Gasteiger partial charge on any atom is 0.316 e. The first kappa shape index (κ1) is 22.7. The van der Waals surface area contributed by atoms with Gasteiger partial charge in [-0.05, 0) is 49.9 Å². The molecule has 1 rings (SSSR count). The molecule has 0 amide bonds. The highest BCUT2D eigenvalue weighted by Crippen LogP contribution is 2.39. The lowest BCUT2D eigenvalue weighted by molar-refractivity contribution is -0.166. The van der Waals surface area contributed by atoms with Crippen LogP contribution in [0.2, 0.25) is 0 Å². The van der Waals surface area contributed by atoms with E-state index in [1.807, 2.05) is 26.0 Å². The number of ether oxygens (including phenoxy) is 2. The van der Waals surface area contributed by atoms with Gasteiger partial charge in [0, 0.05) is 0 Å². The highest BCUT2D eigenvalue weighted by Gasteiger charge is 2.46. The van der Waals surface area contributed by atoms with Crippen molar-refractivity contribution in [3.8, 4) is 0 Å². The molecule has 0 bridgehead atoms. The van der Waals surface area contributed by atoms with Gasteiger partial charge in [-0.1, -0.05) is 53.7 Å². The van der Waals surface area contributed by atoms with Crippen LogP contribution in [0.4, 0.5) is 0 Å². The molecule has 0 aromatic rings. The molecule has 0 aromatic carbocycles. The van der Waals surface area contributed by atoms with Gasteiger partial charge in [-0.15, -0.1) is 0 Å². The summed E-state index contributed by atoms with van der Waals surface area (Å²) in [5, 5.41) is 0. The third kappa shape index (κ3) is 7.13. The SMILES string of the molecule is CC(C)COC(=O)C1(C)C=CCCC1C(=O)OCCC(C)CC(C)(C)C. The highest BCUT2D eigenvalue weighted by atomic mass is 16.5. The zero-order valence-corrected chi connectivity index (χ0v) is 17.8. The van der Waals surface area contributed by atoms with E-state index >= 15 is 0 Å². The summed E-state index contributed by atoms with van der Waals surface area (Å²) in [5.41, 5.74) is -0.655. The first-order valence-corrected chi connectivity index (χ1v) is 9.97. The van der Waals surface area contributed by atoms with Gasteiger partial charge < -0.3 is 9.47 Å². The van der Waals surface area contributed by atoms with E-state index in [0.29, 0.717) is 25.6 Å². The maximum atomic E-state index is 12.7. The summed E-state index contributed by atoms with van der Waals surface area (Å²) < 4.78 is 11.0. The Morgan fingerprint density at radius 3 is 2.42 bits per heavy atom. The van der Waals surface area contributed by atoms with Crippen molar-refractivity contribution < 1.29 is 19.1 Å². The first-order valence-electron chi connectivity index (χ1n) is 9.97. The van der Waals surface area contributed by atoms with Crippen molar-refractivity contribution in [3.05, 3.63) is 12.2 Å². The number of hydrogen-bond donors (Lipinski definition) is 0. The Bertz CT molecular complexity index is 501. The van der Waals surface area contributed by atoms with Gasteiger partial charge in [-0.25, -0.2) is 0 Å². The second kappa shape index (κ2) is 9.57. The lowest BCUT2D eigenvalue weighted by Crippen LogP contribution is -2.42. The van der Waals surface area contributed by atoms with Crippen LogP contribution in [0.3, 0.4) is 0 Å². The summed E-state index contributed by atoms with van der Waals surface area (Å²) >= 11 is 0. The summed E-state index contributed by atoms with van der Waals surface area (Å²) in [6, 6.07) is 0. The molecule has 3 unspecified atom stereocenters.